The van der Waals surface area contributed by atoms with Gasteiger partial charge in [-0.05, 0) is 59.9 Å². The van der Waals surface area contributed by atoms with E-state index < -0.39 is 21.8 Å². The number of benzene rings is 2. The molecule has 0 aliphatic heterocycles. The number of nitrogens with one attached hydrogen (secondary N) is 1. The predicted molar refractivity (Wildman–Crippen MR) is 116 cm³/mol. The van der Waals surface area contributed by atoms with Crippen molar-refractivity contribution in [2.45, 2.75) is 29.8 Å². The van der Waals surface area contributed by atoms with Gasteiger partial charge in [0, 0.05) is 23.9 Å². The van der Waals surface area contributed by atoms with E-state index in [9.17, 15) is 21.6 Å². The number of alkyl halides is 3. The van der Waals surface area contributed by atoms with E-state index >= 15 is 0 Å². The summed E-state index contributed by atoms with van der Waals surface area (Å²) in [6.45, 7) is 0. The smallest absolute Gasteiger partial charge is 0.416 e. The number of aryl methyl sites for hydroxylation is 1. The summed E-state index contributed by atoms with van der Waals surface area (Å²) in [7, 11) is -3.91. The third kappa shape index (κ3) is 4.14. The molecule has 2 aromatic carbocycles. The van der Waals surface area contributed by atoms with Gasteiger partial charge in [-0.15, -0.1) is 0 Å². The van der Waals surface area contributed by atoms with E-state index in [1.807, 2.05) is 0 Å². The Kier molecular flexibility index (Phi) is 5.35. The molecule has 0 spiro atoms. The second-order valence-corrected chi connectivity index (χ2v) is 9.45. The zero-order valence-electron chi connectivity index (χ0n) is 17.5. The molecule has 1 aliphatic rings. The van der Waals surface area contributed by atoms with Crippen LogP contribution in [0.4, 0.5) is 19.1 Å². The van der Waals surface area contributed by atoms with Gasteiger partial charge in [0.25, 0.3) is 10.0 Å². The van der Waals surface area contributed by atoms with Crippen LogP contribution in [-0.2, 0) is 22.6 Å². The highest BCUT2D eigenvalue weighted by molar-refractivity contribution is 7.92. The molecule has 0 unspecified atom stereocenters. The van der Waals surface area contributed by atoms with Crippen LogP contribution >= 0.6 is 0 Å². The number of fused-ring (bicyclic) bond motifs is 1. The van der Waals surface area contributed by atoms with Crippen molar-refractivity contribution in [1.29, 1.82) is 0 Å². The van der Waals surface area contributed by atoms with Gasteiger partial charge < -0.3 is 4.42 Å². The number of oxazole rings is 1. The number of sulfonamides is 1. The van der Waals surface area contributed by atoms with E-state index in [4.69, 9.17) is 4.42 Å². The Morgan fingerprint density at radius 1 is 0.971 bits per heavy atom. The Morgan fingerprint density at radius 3 is 2.44 bits per heavy atom. The highest BCUT2D eigenvalue weighted by Crippen LogP contribution is 2.44. The van der Waals surface area contributed by atoms with Crippen LogP contribution in [0.5, 0.6) is 0 Å². The first-order chi connectivity index (χ1) is 16.2. The molecule has 5 rings (SSSR count). The summed E-state index contributed by atoms with van der Waals surface area (Å²) >= 11 is 0. The van der Waals surface area contributed by atoms with Crippen molar-refractivity contribution in [3.63, 3.8) is 0 Å². The van der Waals surface area contributed by atoms with Gasteiger partial charge in [0.05, 0.1) is 16.7 Å². The summed E-state index contributed by atoms with van der Waals surface area (Å²) in [6.07, 6.45) is 2.20. The van der Waals surface area contributed by atoms with Crippen LogP contribution in [0.1, 0.15) is 34.6 Å². The molecule has 11 heteroatoms. The molecular formula is C23H17F3N4O3S. The number of anilines is 1. The molecule has 0 radical (unpaired) electrons. The van der Waals surface area contributed by atoms with E-state index in [0.717, 1.165) is 23.3 Å². The van der Waals surface area contributed by atoms with Crippen LogP contribution in [0.15, 0.2) is 76.6 Å². The Bertz CT molecular complexity index is 1440. The average Bonchev–Trinajstić information content (AvgIpc) is 3.48. The molecular weight excluding hydrogens is 469 g/mol. The molecule has 1 atom stereocenters. The maximum Gasteiger partial charge on any atom is 0.416 e. The molecule has 1 aliphatic carbocycles. The second-order valence-electron chi connectivity index (χ2n) is 7.77. The van der Waals surface area contributed by atoms with Gasteiger partial charge in [-0.25, -0.2) is 28.1 Å². The van der Waals surface area contributed by atoms with Crippen molar-refractivity contribution >= 4 is 16.0 Å². The summed E-state index contributed by atoms with van der Waals surface area (Å²) in [4.78, 5) is 11.9. The van der Waals surface area contributed by atoms with Crippen molar-refractivity contribution in [3.8, 4) is 11.5 Å². The fraction of sp³-hybridized carbons (Fsp3) is 0.174. The number of halogens is 3. The van der Waals surface area contributed by atoms with Crippen LogP contribution in [0, 0.1) is 0 Å². The Morgan fingerprint density at radius 2 is 1.74 bits per heavy atom. The first-order valence-electron chi connectivity index (χ1n) is 10.3. The molecule has 174 valence electrons. The van der Waals surface area contributed by atoms with Gasteiger partial charge in [0.15, 0.2) is 0 Å². The molecule has 1 N–H and O–H groups in total. The minimum absolute atomic E-state index is 0.0405. The van der Waals surface area contributed by atoms with Crippen molar-refractivity contribution in [1.82, 2.24) is 15.0 Å². The molecule has 0 saturated carbocycles. The Labute approximate surface area is 192 Å². The van der Waals surface area contributed by atoms with Crippen molar-refractivity contribution in [3.05, 3.63) is 89.6 Å². The highest BCUT2D eigenvalue weighted by Gasteiger charge is 2.34. The summed E-state index contributed by atoms with van der Waals surface area (Å²) < 4.78 is 73.3. The van der Waals surface area contributed by atoms with E-state index in [0.29, 0.717) is 18.4 Å². The largest absolute Gasteiger partial charge is 0.445 e. The van der Waals surface area contributed by atoms with Crippen LogP contribution < -0.4 is 4.72 Å². The molecule has 34 heavy (non-hydrogen) atoms. The molecule has 0 saturated heterocycles. The third-order valence-corrected chi connectivity index (χ3v) is 7.04. The normalized spacial score (nSPS) is 15.8. The quantitative estimate of drug-likeness (QED) is 0.425. The van der Waals surface area contributed by atoms with E-state index in [2.05, 4.69) is 19.7 Å². The van der Waals surface area contributed by atoms with Crippen LogP contribution in [0.3, 0.4) is 0 Å². The van der Waals surface area contributed by atoms with Gasteiger partial charge in [0.2, 0.25) is 11.8 Å². The van der Waals surface area contributed by atoms with Crippen LogP contribution in [-0.4, -0.2) is 23.4 Å². The number of hydrogen-bond acceptors (Lipinski definition) is 6. The summed E-state index contributed by atoms with van der Waals surface area (Å²) in [6, 6.07) is 9.85. The topological polar surface area (TPSA) is 98.0 Å². The highest BCUT2D eigenvalue weighted by atomic mass is 32.2. The maximum atomic E-state index is 13.3. The first-order valence-corrected chi connectivity index (χ1v) is 11.7. The molecule has 4 aromatic rings. The SMILES string of the molecule is O=S(=O)(Nc1ncccn1)c1ccc2c(c1)CC[C@@H]2c1ccc(C(F)(F)F)cc1-c1ncco1. The van der Waals surface area contributed by atoms with Gasteiger partial charge in [-0.2, -0.15) is 13.2 Å². The number of aromatic nitrogens is 3. The lowest BCUT2D eigenvalue weighted by Crippen LogP contribution is -2.15. The molecule has 7 nitrogen and oxygen atoms in total. The lowest BCUT2D eigenvalue weighted by atomic mass is 9.88. The third-order valence-electron chi connectivity index (χ3n) is 5.71. The second kappa shape index (κ2) is 8.24. The fourth-order valence-electron chi connectivity index (χ4n) is 4.19. The zero-order valence-corrected chi connectivity index (χ0v) is 18.3. The first kappa shape index (κ1) is 22.1. The minimum Gasteiger partial charge on any atom is -0.445 e. The Balaban J connectivity index is 1.51. The number of rotatable bonds is 5. The molecule has 2 aromatic heterocycles. The van der Waals surface area contributed by atoms with E-state index in [1.54, 1.807) is 18.2 Å². The Hall–Kier alpha value is -3.73. The average molecular weight is 486 g/mol. The lowest BCUT2D eigenvalue weighted by molar-refractivity contribution is -0.137. The van der Waals surface area contributed by atoms with Crippen molar-refractivity contribution in [2.24, 2.45) is 0 Å². The number of hydrogen-bond donors (Lipinski definition) is 1. The zero-order chi connectivity index (χ0) is 23.9. The summed E-state index contributed by atoms with van der Waals surface area (Å²) in [5, 5.41) is 0. The predicted octanol–water partition coefficient (Wildman–Crippen LogP) is 5.03. The number of nitrogens with zero attached hydrogens (tertiary/aromatic N) is 3. The van der Waals surface area contributed by atoms with E-state index in [-0.39, 0.29) is 28.2 Å². The van der Waals surface area contributed by atoms with Crippen LogP contribution in [0.2, 0.25) is 0 Å². The van der Waals surface area contributed by atoms with Crippen LogP contribution in [0.25, 0.3) is 11.5 Å². The molecule has 0 fully saturated rings. The maximum absolute atomic E-state index is 13.3. The lowest BCUT2D eigenvalue weighted by Gasteiger charge is -2.18. The molecule has 0 amide bonds. The fourth-order valence-corrected chi connectivity index (χ4v) is 5.20. The minimum atomic E-state index is -4.51. The van der Waals surface area contributed by atoms with Crippen molar-refractivity contribution in [2.75, 3.05) is 4.72 Å². The van der Waals surface area contributed by atoms with Gasteiger partial charge in [0.1, 0.15) is 6.26 Å². The molecule has 2 heterocycles. The van der Waals surface area contributed by atoms with Gasteiger partial charge >= 0.3 is 6.18 Å². The van der Waals surface area contributed by atoms with Gasteiger partial charge in [-0.1, -0.05) is 12.1 Å². The molecule has 0 bridgehead atoms. The van der Waals surface area contributed by atoms with E-state index in [1.165, 1.54) is 37.0 Å². The summed E-state index contributed by atoms with van der Waals surface area (Å²) in [5.41, 5.74) is 1.76. The van der Waals surface area contributed by atoms with Crippen molar-refractivity contribution < 1.29 is 26.0 Å². The standard InChI is InChI=1S/C23H17F3N4O3S/c24-23(25,26)15-3-6-19(20(13-15)21-27-10-11-33-21)18-5-2-14-12-16(4-7-17(14)18)34(31,32)30-22-28-8-1-9-29-22/h1,3-4,6-13,18H,2,5H2,(H,28,29,30)/t18-/m0/s1. The van der Waals surface area contributed by atoms with Gasteiger partial charge in [-0.3, -0.25) is 0 Å². The summed E-state index contributed by atoms with van der Waals surface area (Å²) in [5.74, 6) is -0.177. The monoisotopic (exact) mass is 486 g/mol.